The smallest absolute Gasteiger partial charge is 0.318 e. The van der Waals surface area contributed by atoms with Crippen LogP contribution in [-0.4, -0.2) is 110 Å². The first kappa shape index (κ1) is 33.1. The number of carboxylic acid groups (broad SMARTS) is 1. The number of carboxylic acids is 1. The lowest BCUT2D eigenvalue weighted by atomic mass is 10.1. The van der Waals surface area contributed by atoms with Gasteiger partial charge in [-0.2, -0.15) is 0 Å². The van der Waals surface area contributed by atoms with Gasteiger partial charge in [0.2, 0.25) is 29.5 Å². The number of nitrogens with one attached hydrogen (secondary N) is 5. The standard InChI is InChI=1S/C22H38N6O9S/c1-9-17(32)25-11(6-14(23)31)18(33)27-15(10(2)30)16(21(36)37)38-8-13(28-22(3,4)5)20(35)26-12(7-29)19(34)24-9/h9-13,15-16,28-30H,6-8H2,1-5H3,(H2,23,31)(H,24,34)(H,25,32)(H,26,35)(H,27,33)(H,36,37)/t9?,10-,11?,12?,13?,15+,16?/m1/s1. The fourth-order valence-corrected chi connectivity index (χ4v) is 4.78. The molecule has 1 saturated heterocycles. The zero-order valence-electron chi connectivity index (χ0n) is 21.9. The van der Waals surface area contributed by atoms with Gasteiger partial charge in [-0.3, -0.25) is 28.8 Å². The quantitative estimate of drug-likeness (QED) is 0.152. The fourth-order valence-electron chi connectivity index (χ4n) is 3.50. The van der Waals surface area contributed by atoms with E-state index < -0.39 is 95.6 Å². The molecule has 7 atom stereocenters. The van der Waals surface area contributed by atoms with E-state index in [4.69, 9.17) is 5.73 Å². The Bertz CT molecular complexity index is 910. The van der Waals surface area contributed by atoms with Crippen LogP contribution in [-0.2, 0) is 28.8 Å². The maximum absolute atomic E-state index is 13.1. The minimum absolute atomic E-state index is 0.170. The van der Waals surface area contributed by atoms with E-state index in [9.17, 15) is 44.1 Å². The topological polar surface area (TPSA) is 249 Å². The van der Waals surface area contributed by atoms with Gasteiger partial charge in [0.25, 0.3) is 0 Å². The molecule has 0 aliphatic carbocycles. The molecule has 1 aliphatic rings. The first-order valence-electron chi connectivity index (χ1n) is 11.9. The Kier molecular flexibility index (Phi) is 12.4. The molecule has 0 aromatic carbocycles. The van der Waals surface area contributed by atoms with Crippen LogP contribution in [0.3, 0.4) is 0 Å². The summed E-state index contributed by atoms with van der Waals surface area (Å²) in [7, 11) is 0. The molecule has 1 rings (SSSR count). The van der Waals surface area contributed by atoms with Gasteiger partial charge in [0.05, 0.1) is 31.2 Å². The Labute approximate surface area is 224 Å². The SMILES string of the molecule is CC1NC(=O)C(CO)NC(=O)C(NC(C)(C)C)CSC(C(=O)O)[C@H]([C@@H](C)O)NC(=O)C(CC(N)=O)NC1=O. The van der Waals surface area contributed by atoms with Gasteiger partial charge in [-0.15, -0.1) is 11.8 Å². The van der Waals surface area contributed by atoms with Gasteiger partial charge in [-0.05, 0) is 34.6 Å². The van der Waals surface area contributed by atoms with Gasteiger partial charge in [-0.1, -0.05) is 0 Å². The van der Waals surface area contributed by atoms with Crippen molar-refractivity contribution < 1.29 is 44.1 Å². The highest BCUT2D eigenvalue weighted by molar-refractivity contribution is 8.00. The Morgan fingerprint density at radius 2 is 1.58 bits per heavy atom. The Hall–Kier alpha value is -2.95. The lowest BCUT2D eigenvalue weighted by Crippen LogP contribution is -2.62. The van der Waals surface area contributed by atoms with Gasteiger partial charge in [0, 0.05) is 11.3 Å². The highest BCUT2D eigenvalue weighted by atomic mass is 32.2. The van der Waals surface area contributed by atoms with E-state index in [1.807, 2.05) is 0 Å². The van der Waals surface area contributed by atoms with E-state index in [1.165, 1.54) is 13.8 Å². The number of carbonyl (C=O) groups is 6. The molecule has 38 heavy (non-hydrogen) atoms. The third-order valence-corrected chi connectivity index (χ3v) is 6.75. The summed E-state index contributed by atoms with van der Waals surface area (Å²) >= 11 is 0.743. The molecule has 0 radical (unpaired) electrons. The van der Waals surface area contributed by atoms with Crippen LogP contribution >= 0.6 is 11.8 Å². The van der Waals surface area contributed by atoms with Crippen LogP contribution in [0.1, 0.15) is 41.0 Å². The van der Waals surface area contributed by atoms with Crippen molar-refractivity contribution in [2.24, 2.45) is 5.73 Å². The molecule has 5 unspecified atom stereocenters. The molecule has 1 fully saturated rings. The maximum atomic E-state index is 13.1. The highest BCUT2D eigenvalue weighted by Gasteiger charge is 2.38. The third-order valence-electron chi connectivity index (χ3n) is 5.37. The summed E-state index contributed by atoms with van der Waals surface area (Å²) in [6.45, 7) is 6.98. The molecular formula is C22H38N6O9S. The first-order valence-corrected chi connectivity index (χ1v) is 12.9. The van der Waals surface area contributed by atoms with Crippen LogP contribution in [0, 0.1) is 0 Å². The van der Waals surface area contributed by atoms with E-state index in [0.717, 1.165) is 11.8 Å². The minimum atomic E-state index is -1.54. The molecular weight excluding hydrogens is 524 g/mol. The van der Waals surface area contributed by atoms with Crippen molar-refractivity contribution in [1.29, 1.82) is 0 Å². The van der Waals surface area contributed by atoms with E-state index in [1.54, 1.807) is 20.8 Å². The average Bonchev–Trinajstić information content (AvgIpc) is 2.77. The zero-order chi connectivity index (χ0) is 29.4. The highest BCUT2D eigenvalue weighted by Crippen LogP contribution is 2.21. The van der Waals surface area contributed by atoms with Crippen LogP contribution in [0.4, 0.5) is 0 Å². The minimum Gasteiger partial charge on any atom is -0.480 e. The summed E-state index contributed by atoms with van der Waals surface area (Å²) in [4.78, 5) is 75.1. The molecule has 16 heteroatoms. The lowest BCUT2D eigenvalue weighted by molar-refractivity contribution is -0.139. The molecule has 0 bridgehead atoms. The molecule has 1 aliphatic heterocycles. The van der Waals surface area contributed by atoms with Crippen LogP contribution in [0.2, 0.25) is 0 Å². The van der Waals surface area contributed by atoms with Gasteiger partial charge < -0.3 is 47.6 Å². The summed E-state index contributed by atoms with van der Waals surface area (Å²) < 4.78 is 0. The second-order valence-electron chi connectivity index (χ2n) is 10.0. The summed E-state index contributed by atoms with van der Waals surface area (Å²) in [5.74, 6) is -6.05. The van der Waals surface area contributed by atoms with Crippen molar-refractivity contribution >= 4 is 47.3 Å². The largest absolute Gasteiger partial charge is 0.480 e. The van der Waals surface area contributed by atoms with E-state index >= 15 is 0 Å². The number of carbonyl (C=O) groups excluding carboxylic acids is 5. The number of hydrogen-bond donors (Lipinski definition) is 9. The maximum Gasteiger partial charge on any atom is 0.318 e. The molecule has 10 N–H and O–H groups in total. The van der Waals surface area contributed by atoms with E-state index in [2.05, 4.69) is 26.6 Å². The van der Waals surface area contributed by atoms with Crippen molar-refractivity contribution in [3.8, 4) is 0 Å². The molecule has 216 valence electrons. The van der Waals surface area contributed by atoms with Gasteiger partial charge >= 0.3 is 5.97 Å². The Morgan fingerprint density at radius 1 is 1.03 bits per heavy atom. The molecule has 15 nitrogen and oxygen atoms in total. The normalized spacial score (nSPS) is 29.3. The first-order chi connectivity index (χ1) is 17.5. The van der Waals surface area contributed by atoms with Gasteiger partial charge in [0.1, 0.15) is 23.4 Å². The summed E-state index contributed by atoms with van der Waals surface area (Å²) in [6.07, 6.45) is -2.04. The third kappa shape index (κ3) is 10.4. The monoisotopic (exact) mass is 562 g/mol. The number of hydrogen-bond acceptors (Lipinski definition) is 10. The summed E-state index contributed by atoms with van der Waals surface area (Å²) in [5.41, 5.74) is 4.58. The lowest BCUT2D eigenvalue weighted by Gasteiger charge is -2.32. The number of aliphatic hydroxyl groups excluding tert-OH is 2. The van der Waals surface area contributed by atoms with Gasteiger partial charge in [0.15, 0.2) is 0 Å². The number of nitrogens with two attached hydrogens (primary N) is 1. The fraction of sp³-hybridized carbons (Fsp3) is 0.727. The number of rotatable bonds is 6. The van der Waals surface area contributed by atoms with Crippen molar-refractivity contribution in [2.75, 3.05) is 12.4 Å². The van der Waals surface area contributed by atoms with Crippen molar-refractivity contribution in [3.05, 3.63) is 0 Å². The molecule has 1 heterocycles. The van der Waals surface area contributed by atoms with E-state index in [-0.39, 0.29) is 5.75 Å². The van der Waals surface area contributed by atoms with Crippen LogP contribution in [0.5, 0.6) is 0 Å². The van der Waals surface area contributed by atoms with Crippen LogP contribution < -0.4 is 32.3 Å². The van der Waals surface area contributed by atoms with Gasteiger partial charge in [-0.25, -0.2) is 0 Å². The summed E-state index contributed by atoms with van der Waals surface area (Å²) in [5, 5.41) is 40.8. The second kappa shape index (κ2) is 14.3. The number of aliphatic hydroxyl groups is 2. The molecule has 0 spiro atoms. The van der Waals surface area contributed by atoms with Crippen LogP contribution in [0.25, 0.3) is 0 Å². The van der Waals surface area contributed by atoms with Crippen LogP contribution in [0.15, 0.2) is 0 Å². The van der Waals surface area contributed by atoms with Crippen molar-refractivity contribution in [3.63, 3.8) is 0 Å². The molecule has 5 amide bonds. The van der Waals surface area contributed by atoms with Crippen molar-refractivity contribution in [1.82, 2.24) is 26.6 Å². The zero-order valence-corrected chi connectivity index (χ0v) is 22.8. The number of primary amides is 1. The molecule has 0 saturated carbocycles. The predicted octanol–water partition coefficient (Wildman–Crippen LogP) is -3.85. The second-order valence-corrected chi connectivity index (χ2v) is 11.2. The average molecular weight is 563 g/mol. The number of aliphatic carboxylic acids is 1. The number of amides is 5. The molecule has 0 aromatic rings. The summed E-state index contributed by atoms with van der Waals surface area (Å²) in [6, 6.07) is -6.74. The van der Waals surface area contributed by atoms with Crippen molar-refractivity contribution in [2.45, 2.75) is 88.1 Å². The number of thioether (sulfide) groups is 1. The predicted molar refractivity (Wildman–Crippen MR) is 137 cm³/mol. The van der Waals surface area contributed by atoms with E-state index in [0.29, 0.717) is 0 Å². The Balaban J connectivity index is 3.53. The Morgan fingerprint density at radius 3 is 2.05 bits per heavy atom. The molecule has 0 aromatic heterocycles.